The van der Waals surface area contributed by atoms with Gasteiger partial charge in [0.15, 0.2) is 11.6 Å². The molecule has 0 atom stereocenters. The van der Waals surface area contributed by atoms with Crippen LogP contribution in [0.5, 0.6) is 0 Å². The number of rotatable bonds is 4. The minimum Gasteiger partial charge on any atom is -0.340 e. The molecule has 0 spiro atoms. The zero-order chi connectivity index (χ0) is 18.7. The number of hydrogen-bond acceptors (Lipinski definition) is 4. The van der Waals surface area contributed by atoms with Crippen LogP contribution < -0.4 is 10.6 Å². The van der Waals surface area contributed by atoms with Gasteiger partial charge in [-0.15, -0.1) is 0 Å². The summed E-state index contributed by atoms with van der Waals surface area (Å²) in [6.45, 7) is 3.88. The Morgan fingerprint density at radius 3 is 2.31 bits per heavy atom. The molecule has 2 N–H and O–H groups in total. The van der Waals surface area contributed by atoms with E-state index in [1.165, 1.54) is 18.5 Å². The molecule has 0 aliphatic carbocycles. The van der Waals surface area contributed by atoms with Crippen LogP contribution in [0.3, 0.4) is 0 Å². The molecule has 0 aliphatic heterocycles. The van der Waals surface area contributed by atoms with Gasteiger partial charge in [0.2, 0.25) is 0 Å². The lowest BCUT2D eigenvalue weighted by Gasteiger charge is -2.09. The average molecular weight is 354 g/mol. The van der Waals surface area contributed by atoms with Crippen molar-refractivity contribution >= 4 is 23.1 Å². The predicted molar refractivity (Wildman–Crippen MR) is 95.5 cm³/mol. The van der Waals surface area contributed by atoms with Gasteiger partial charge in [0, 0.05) is 23.5 Å². The van der Waals surface area contributed by atoms with Crippen LogP contribution in [0.25, 0.3) is 0 Å². The minimum absolute atomic E-state index is 0.143. The van der Waals surface area contributed by atoms with E-state index in [1.807, 2.05) is 32.0 Å². The number of aromatic nitrogens is 2. The zero-order valence-corrected chi connectivity index (χ0v) is 14.2. The fraction of sp³-hybridized carbons (Fsp3) is 0.105. The second-order valence-electron chi connectivity index (χ2n) is 5.87. The first-order valence-electron chi connectivity index (χ1n) is 7.84. The molecule has 0 unspecified atom stereocenters. The summed E-state index contributed by atoms with van der Waals surface area (Å²) in [6.07, 6.45) is 1.22. The van der Waals surface area contributed by atoms with Gasteiger partial charge >= 0.3 is 0 Å². The predicted octanol–water partition coefficient (Wildman–Crippen LogP) is 4.37. The summed E-state index contributed by atoms with van der Waals surface area (Å²) in [6, 6.07) is 10.5. The number of benzene rings is 2. The Bertz CT molecular complexity index is 955. The van der Waals surface area contributed by atoms with Crippen molar-refractivity contribution in [2.75, 3.05) is 10.6 Å². The van der Waals surface area contributed by atoms with Gasteiger partial charge in [0.1, 0.15) is 17.8 Å². The highest BCUT2D eigenvalue weighted by Gasteiger charge is 2.11. The molecule has 7 heteroatoms. The van der Waals surface area contributed by atoms with E-state index in [0.29, 0.717) is 11.4 Å². The first kappa shape index (κ1) is 17.5. The third kappa shape index (κ3) is 4.18. The minimum atomic E-state index is -0.975. The van der Waals surface area contributed by atoms with Crippen LogP contribution in [0.4, 0.5) is 26.0 Å². The molecule has 0 bridgehead atoms. The standard InChI is InChI=1S/C19H16F2N4O/c1-11-5-12(2)7-14(6-11)25-19(26)17-9-18(23-10-22-17)24-13-3-4-15(20)16(21)8-13/h3-10H,1-2H3,(H,25,26)(H,22,23,24). The highest BCUT2D eigenvalue weighted by molar-refractivity contribution is 6.03. The van der Waals surface area contributed by atoms with E-state index in [0.717, 1.165) is 23.3 Å². The smallest absolute Gasteiger partial charge is 0.274 e. The fourth-order valence-electron chi connectivity index (χ4n) is 2.51. The van der Waals surface area contributed by atoms with E-state index in [4.69, 9.17) is 0 Å². The summed E-state index contributed by atoms with van der Waals surface area (Å²) in [5, 5.41) is 5.59. The van der Waals surface area contributed by atoms with Gasteiger partial charge in [-0.1, -0.05) is 6.07 Å². The maximum Gasteiger partial charge on any atom is 0.274 e. The van der Waals surface area contributed by atoms with E-state index in [2.05, 4.69) is 20.6 Å². The number of nitrogens with zero attached hydrogens (tertiary/aromatic N) is 2. The Hall–Kier alpha value is -3.35. The van der Waals surface area contributed by atoms with Gasteiger partial charge < -0.3 is 10.6 Å². The molecule has 0 fully saturated rings. The number of halogens is 2. The number of carbonyl (C=O) groups excluding carboxylic acids is 1. The third-order valence-corrected chi connectivity index (χ3v) is 3.57. The summed E-state index contributed by atoms with van der Waals surface area (Å²) in [5.41, 5.74) is 3.18. The molecule has 1 heterocycles. The molecule has 3 rings (SSSR count). The molecule has 2 aromatic carbocycles. The van der Waals surface area contributed by atoms with Crippen molar-refractivity contribution < 1.29 is 13.6 Å². The summed E-state index contributed by atoms with van der Waals surface area (Å²) < 4.78 is 26.3. The van der Waals surface area contributed by atoms with Crippen molar-refractivity contribution in [2.24, 2.45) is 0 Å². The number of carbonyl (C=O) groups is 1. The topological polar surface area (TPSA) is 66.9 Å². The van der Waals surface area contributed by atoms with E-state index < -0.39 is 17.5 Å². The first-order chi connectivity index (χ1) is 12.4. The zero-order valence-electron chi connectivity index (χ0n) is 14.2. The number of hydrogen-bond donors (Lipinski definition) is 2. The second kappa shape index (κ2) is 7.26. The van der Waals surface area contributed by atoms with E-state index in [1.54, 1.807) is 0 Å². The lowest BCUT2D eigenvalue weighted by molar-refractivity contribution is 0.102. The second-order valence-corrected chi connectivity index (χ2v) is 5.87. The molecule has 0 saturated heterocycles. The van der Waals surface area contributed by atoms with Gasteiger partial charge in [-0.05, 0) is 49.2 Å². The quantitative estimate of drug-likeness (QED) is 0.730. The van der Waals surface area contributed by atoms with Gasteiger partial charge in [0.05, 0.1) is 0 Å². The van der Waals surface area contributed by atoms with Crippen molar-refractivity contribution in [1.82, 2.24) is 9.97 Å². The van der Waals surface area contributed by atoms with Crippen LogP contribution >= 0.6 is 0 Å². The monoisotopic (exact) mass is 354 g/mol. The Balaban J connectivity index is 1.77. The molecular formula is C19H16F2N4O. The molecule has 0 saturated carbocycles. The summed E-state index contributed by atoms with van der Waals surface area (Å²) in [4.78, 5) is 20.3. The lowest BCUT2D eigenvalue weighted by atomic mass is 10.1. The maximum absolute atomic E-state index is 13.3. The van der Waals surface area contributed by atoms with Crippen molar-refractivity contribution in [3.63, 3.8) is 0 Å². The molecule has 132 valence electrons. The largest absolute Gasteiger partial charge is 0.340 e. The maximum atomic E-state index is 13.3. The molecule has 1 aromatic heterocycles. The Labute approximate surface area is 149 Å². The molecule has 3 aromatic rings. The third-order valence-electron chi connectivity index (χ3n) is 3.57. The van der Waals surface area contributed by atoms with Crippen molar-refractivity contribution in [3.05, 3.63) is 77.2 Å². The number of amides is 1. The van der Waals surface area contributed by atoms with Crippen LogP contribution in [-0.4, -0.2) is 15.9 Å². The molecular weight excluding hydrogens is 338 g/mol. The molecule has 0 radical (unpaired) electrons. The van der Waals surface area contributed by atoms with Crippen LogP contribution in [0.1, 0.15) is 21.6 Å². The number of aryl methyl sites for hydroxylation is 2. The summed E-state index contributed by atoms with van der Waals surface area (Å²) >= 11 is 0. The van der Waals surface area contributed by atoms with Crippen LogP contribution in [0, 0.1) is 25.5 Å². The summed E-state index contributed by atoms with van der Waals surface area (Å²) in [5.74, 6) is -2.02. The lowest BCUT2D eigenvalue weighted by Crippen LogP contribution is -2.14. The SMILES string of the molecule is Cc1cc(C)cc(NC(=O)c2cc(Nc3ccc(F)c(F)c3)ncn2)c1. The van der Waals surface area contributed by atoms with Crippen molar-refractivity contribution in [3.8, 4) is 0 Å². The molecule has 1 amide bonds. The molecule has 0 aliphatic rings. The first-order valence-corrected chi connectivity index (χ1v) is 7.84. The Morgan fingerprint density at radius 1 is 0.885 bits per heavy atom. The van der Waals surface area contributed by atoms with E-state index in [-0.39, 0.29) is 11.5 Å². The number of anilines is 3. The van der Waals surface area contributed by atoms with E-state index in [9.17, 15) is 13.6 Å². The summed E-state index contributed by atoms with van der Waals surface area (Å²) in [7, 11) is 0. The van der Waals surface area contributed by atoms with Crippen LogP contribution in [0.15, 0.2) is 48.8 Å². The van der Waals surface area contributed by atoms with Crippen molar-refractivity contribution in [2.45, 2.75) is 13.8 Å². The highest BCUT2D eigenvalue weighted by Crippen LogP contribution is 2.19. The van der Waals surface area contributed by atoms with Crippen molar-refractivity contribution in [1.29, 1.82) is 0 Å². The van der Waals surface area contributed by atoms with Gasteiger partial charge in [0.25, 0.3) is 5.91 Å². The average Bonchev–Trinajstić information content (AvgIpc) is 2.57. The molecule has 5 nitrogen and oxygen atoms in total. The fourth-order valence-corrected chi connectivity index (χ4v) is 2.51. The Kier molecular flexibility index (Phi) is 4.88. The Morgan fingerprint density at radius 2 is 1.62 bits per heavy atom. The van der Waals surface area contributed by atoms with E-state index >= 15 is 0 Å². The van der Waals surface area contributed by atoms with Gasteiger partial charge in [-0.2, -0.15) is 0 Å². The molecule has 26 heavy (non-hydrogen) atoms. The normalized spacial score (nSPS) is 10.5. The highest BCUT2D eigenvalue weighted by atomic mass is 19.2. The van der Waals surface area contributed by atoms with Gasteiger partial charge in [-0.3, -0.25) is 4.79 Å². The van der Waals surface area contributed by atoms with Crippen LogP contribution in [-0.2, 0) is 0 Å². The van der Waals surface area contributed by atoms with Gasteiger partial charge in [-0.25, -0.2) is 18.7 Å². The number of nitrogens with one attached hydrogen (secondary N) is 2. The van der Waals surface area contributed by atoms with Crippen LogP contribution in [0.2, 0.25) is 0 Å².